The molecule has 0 radical (unpaired) electrons. The van der Waals surface area contributed by atoms with Gasteiger partial charge in [-0.25, -0.2) is 15.0 Å². The Labute approximate surface area is 312 Å². The van der Waals surface area contributed by atoms with Gasteiger partial charge in [0.1, 0.15) is 0 Å². The third-order valence-electron chi connectivity index (χ3n) is 9.95. The molecule has 0 fully saturated rings. The summed E-state index contributed by atoms with van der Waals surface area (Å²) in [5.41, 5.74) is 12.5. The normalized spacial score (nSPS) is 11.7. The second-order valence-corrected chi connectivity index (χ2v) is 14.2. The molecule has 0 aliphatic carbocycles. The summed E-state index contributed by atoms with van der Waals surface area (Å²) in [6.07, 6.45) is 0. The zero-order chi connectivity index (χ0) is 35.1. The van der Waals surface area contributed by atoms with Crippen molar-refractivity contribution in [1.29, 1.82) is 0 Å². The van der Waals surface area contributed by atoms with Gasteiger partial charge in [-0.3, -0.25) is 0 Å². The van der Waals surface area contributed by atoms with E-state index in [1.165, 1.54) is 48.4 Å². The van der Waals surface area contributed by atoms with E-state index in [-0.39, 0.29) is 0 Å². The Balaban J connectivity index is 1.09. The monoisotopic (exact) mass is 693 g/mol. The van der Waals surface area contributed by atoms with E-state index in [0.29, 0.717) is 17.5 Å². The molecule has 0 saturated carbocycles. The number of hydrogen-bond donors (Lipinski definition) is 0. The molecule has 53 heavy (non-hydrogen) atoms. The molecule has 3 nitrogen and oxygen atoms in total. The molecule has 1 aliphatic heterocycles. The second-order valence-electron chi connectivity index (χ2n) is 13.2. The van der Waals surface area contributed by atoms with Crippen LogP contribution in [-0.4, -0.2) is 15.0 Å². The lowest BCUT2D eigenvalue weighted by Crippen LogP contribution is -2.00. The highest BCUT2D eigenvalue weighted by Crippen LogP contribution is 2.50. The maximum absolute atomic E-state index is 5.07. The maximum atomic E-state index is 5.07. The molecule has 2 heterocycles. The Kier molecular flexibility index (Phi) is 7.74. The molecule has 8 aromatic carbocycles. The van der Waals surface area contributed by atoms with E-state index in [1.54, 1.807) is 0 Å². The van der Waals surface area contributed by atoms with Gasteiger partial charge >= 0.3 is 0 Å². The van der Waals surface area contributed by atoms with Crippen molar-refractivity contribution < 1.29 is 0 Å². The van der Waals surface area contributed by atoms with Crippen LogP contribution in [0.1, 0.15) is 0 Å². The first kappa shape index (κ1) is 31.1. The van der Waals surface area contributed by atoms with Gasteiger partial charge in [0, 0.05) is 26.5 Å². The van der Waals surface area contributed by atoms with Crippen LogP contribution >= 0.6 is 11.8 Å². The topological polar surface area (TPSA) is 38.7 Å². The fourth-order valence-electron chi connectivity index (χ4n) is 7.38. The molecule has 248 valence electrons. The second kappa shape index (κ2) is 13.2. The van der Waals surface area contributed by atoms with Crippen LogP contribution in [0.5, 0.6) is 0 Å². The van der Waals surface area contributed by atoms with Crippen molar-refractivity contribution in [3.05, 3.63) is 188 Å². The van der Waals surface area contributed by atoms with Crippen molar-refractivity contribution >= 4 is 22.5 Å². The van der Waals surface area contributed by atoms with Gasteiger partial charge in [0.15, 0.2) is 17.5 Å². The molecule has 1 aromatic heterocycles. The summed E-state index contributed by atoms with van der Waals surface area (Å²) >= 11 is 1.85. The van der Waals surface area contributed by atoms with Crippen molar-refractivity contribution in [2.45, 2.75) is 9.79 Å². The van der Waals surface area contributed by atoms with Gasteiger partial charge in [-0.15, -0.1) is 0 Å². The number of nitrogens with zero attached hydrogens (tertiary/aromatic N) is 3. The fourth-order valence-corrected chi connectivity index (χ4v) is 8.62. The lowest BCUT2D eigenvalue weighted by atomic mass is 9.90. The Bertz CT molecular complexity index is 2790. The van der Waals surface area contributed by atoms with Crippen LogP contribution < -0.4 is 0 Å². The van der Waals surface area contributed by atoms with Gasteiger partial charge in [0.25, 0.3) is 0 Å². The first-order chi connectivity index (χ1) is 26.3. The zero-order valence-electron chi connectivity index (χ0n) is 28.6. The molecule has 0 amide bonds. The molecule has 0 spiro atoms. The van der Waals surface area contributed by atoms with E-state index in [1.807, 2.05) is 48.2 Å². The summed E-state index contributed by atoms with van der Waals surface area (Å²) < 4.78 is 0. The van der Waals surface area contributed by atoms with Crippen molar-refractivity contribution in [2.24, 2.45) is 0 Å². The van der Waals surface area contributed by atoms with E-state index in [9.17, 15) is 0 Å². The molecular formula is C49H31N3S. The van der Waals surface area contributed by atoms with Crippen LogP contribution in [0.15, 0.2) is 198 Å². The summed E-state index contributed by atoms with van der Waals surface area (Å²) in [6, 6.07) is 66.4. The van der Waals surface area contributed by atoms with Gasteiger partial charge < -0.3 is 0 Å². The number of rotatable bonds is 5. The SMILES string of the molecule is c1ccc(-c2cccc(-c3nc(-c4ccccc4)nc(-c4ccc(-c5cccc6c5Sc5ccccc5-c5cccc7cccc-6c57)cc4)n3)c2)cc1. The molecule has 0 unspecified atom stereocenters. The third kappa shape index (κ3) is 5.70. The predicted octanol–water partition coefficient (Wildman–Crippen LogP) is 13.2. The van der Waals surface area contributed by atoms with E-state index in [2.05, 4.69) is 152 Å². The quantitative estimate of drug-likeness (QED) is 0.180. The van der Waals surface area contributed by atoms with Crippen LogP contribution in [-0.2, 0) is 0 Å². The van der Waals surface area contributed by atoms with Gasteiger partial charge in [0.05, 0.1) is 0 Å². The molecule has 1 aliphatic rings. The average Bonchev–Trinajstić information content (AvgIpc) is 3.24. The Hall–Kier alpha value is -6.62. The fraction of sp³-hybridized carbons (Fsp3) is 0. The third-order valence-corrected chi connectivity index (χ3v) is 11.2. The van der Waals surface area contributed by atoms with Crippen molar-refractivity contribution in [3.63, 3.8) is 0 Å². The number of aromatic nitrogens is 3. The molecule has 0 bridgehead atoms. The molecular weight excluding hydrogens is 663 g/mol. The number of benzene rings is 8. The van der Waals surface area contributed by atoms with E-state index >= 15 is 0 Å². The number of hydrogen-bond acceptors (Lipinski definition) is 4. The predicted molar refractivity (Wildman–Crippen MR) is 220 cm³/mol. The summed E-state index contributed by atoms with van der Waals surface area (Å²) in [5.74, 6) is 1.93. The lowest BCUT2D eigenvalue weighted by Gasteiger charge is -2.22. The van der Waals surface area contributed by atoms with E-state index < -0.39 is 0 Å². The van der Waals surface area contributed by atoms with Crippen LogP contribution in [0, 0.1) is 0 Å². The van der Waals surface area contributed by atoms with Crippen LogP contribution in [0.3, 0.4) is 0 Å². The average molecular weight is 694 g/mol. The van der Waals surface area contributed by atoms with Crippen LogP contribution in [0.4, 0.5) is 0 Å². The first-order valence-electron chi connectivity index (χ1n) is 17.8. The molecule has 0 atom stereocenters. The van der Waals surface area contributed by atoms with Crippen molar-refractivity contribution in [3.8, 4) is 78.7 Å². The minimum Gasteiger partial charge on any atom is -0.208 e. The molecule has 0 N–H and O–H groups in total. The first-order valence-corrected chi connectivity index (χ1v) is 18.6. The van der Waals surface area contributed by atoms with Gasteiger partial charge in [0.2, 0.25) is 0 Å². The highest BCUT2D eigenvalue weighted by atomic mass is 32.2. The van der Waals surface area contributed by atoms with Crippen molar-refractivity contribution in [1.82, 2.24) is 15.0 Å². The summed E-state index contributed by atoms with van der Waals surface area (Å²) in [5, 5.41) is 2.55. The molecule has 9 aromatic rings. The largest absolute Gasteiger partial charge is 0.208 e. The maximum Gasteiger partial charge on any atom is 0.164 e. The Morgan fingerprint density at radius 1 is 0.302 bits per heavy atom. The van der Waals surface area contributed by atoms with Crippen LogP contribution in [0.2, 0.25) is 0 Å². The molecule has 4 heteroatoms. The highest BCUT2D eigenvalue weighted by Gasteiger charge is 2.22. The molecule has 0 saturated heterocycles. The minimum absolute atomic E-state index is 0.639. The summed E-state index contributed by atoms with van der Waals surface area (Å²) in [6.45, 7) is 0. The van der Waals surface area contributed by atoms with E-state index in [0.717, 1.165) is 33.4 Å². The Morgan fingerprint density at radius 2 is 0.774 bits per heavy atom. The van der Waals surface area contributed by atoms with Crippen molar-refractivity contribution in [2.75, 3.05) is 0 Å². The standard InChI is InChI=1S/C49H31N3S/c1-3-13-32(14-4-1)37-19-9-20-38(31-37)49-51-47(35-15-5-2-6-16-35)50-48(52-49)36-29-27-33(28-30-36)39-22-12-25-43-42-24-11-18-34-17-10-23-41(45(34)42)40-21-7-8-26-44(40)53-46(39)43/h1-31H. The summed E-state index contributed by atoms with van der Waals surface area (Å²) in [7, 11) is 0. The Morgan fingerprint density at radius 3 is 1.51 bits per heavy atom. The van der Waals surface area contributed by atoms with Gasteiger partial charge in [-0.1, -0.05) is 188 Å². The summed E-state index contributed by atoms with van der Waals surface area (Å²) in [4.78, 5) is 17.6. The van der Waals surface area contributed by atoms with E-state index in [4.69, 9.17) is 15.0 Å². The van der Waals surface area contributed by atoms with Gasteiger partial charge in [-0.2, -0.15) is 0 Å². The zero-order valence-corrected chi connectivity index (χ0v) is 29.5. The lowest BCUT2D eigenvalue weighted by molar-refractivity contribution is 1.07. The highest BCUT2D eigenvalue weighted by molar-refractivity contribution is 7.99. The van der Waals surface area contributed by atoms with Gasteiger partial charge in [-0.05, 0) is 67.4 Å². The van der Waals surface area contributed by atoms with Crippen LogP contribution in [0.25, 0.3) is 89.4 Å². The minimum atomic E-state index is 0.639. The molecule has 10 rings (SSSR count). The smallest absolute Gasteiger partial charge is 0.164 e. The number of fused-ring (bicyclic) bond motifs is 4.